The molecular weight excluding hydrogens is 370 g/mol. The topological polar surface area (TPSA) is 77.0 Å². The SMILES string of the molecule is COc1cccc(OC)c1OCC(O)CNC(=O)CCc1ccccc1Cl. The summed E-state index contributed by atoms with van der Waals surface area (Å²) in [6, 6.07) is 12.7. The average molecular weight is 394 g/mol. The van der Waals surface area contributed by atoms with Crippen molar-refractivity contribution < 1.29 is 24.1 Å². The first kappa shape index (κ1) is 20.9. The number of aliphatic hydroxyl groups excluding tert-OH is 1. The van der Waals surface area contributed by atoms with Crippen LogP contribution in [-0.2, 0) is 11.2 Å². The molecule has 2 rings (SSSR count). The minimum atomic E-state index is -0.871. The summed E-state index contributed by atoms with van der Waals surface area (Å²) in [6.07, 6.45) is -0.0439. The zero-order chi connectivity index (χ0) is 19.6. The van der Waals surface area contributed by atoms with Crippen LogP contribution in [0.5, 0.6) is 17.2 Å². The molecule has 6 nitrogen and oxygen atoms in total. The highest BCUT2D eigenvalue weighted by Crippen LogP contribution is 2.36. The maximum absolute atomic E-state index is 12.0. The number of halogens is 1. The predicted molar refractivity (Wildman–Crippen MR) is 104 cm³/mol. The van der Waals surface area contributed by atoms with Crippen molar-refractivity contribution in [2.45, 2.75) is 18.9 Å². The standard InChI is InChI=1S/C20H24ClNO5/c1-25-17-8-5-9-18(26-2)20(17)27-13-15(23)12-22-19(24)11-10-14-6-3-4-7-16(14)21/h3-9,15,23H,10-13H2,1-2H3,(H,22,24). The fourth-order valence-electron chi connectivity index (χ4n) is 2.47. The van der Waals surface area contributed by atoms with Gasteiger partial charge in [0, 0.05) is 18.0 Å². The maximum atomic E-state index is 12.0. The van der Waals surface area contributed by atoms with Crippen molar-refractivity contribution in [3.05, 3.63) is 53.1 Å². The number of rotatable bonds is 10. The quantitative estimate of drug-likeness (QED) is 0.649. The minimum Gasteiger partial charge on any atom is -0.493 e. The molecule has 146 valence electrons. The van der Waals surface area contributed by atoms with Gasteiger partial charge in [-0.1, -0.05) is 35.9 Å². The zero-order valence-electron chi connectivity index (χ0n) is 15.4. The van der Waals surface area contributed by atoms with E-state index in [1.54, 1.807) is 24.3 Å². The number of carbonyl (C=O) groups is 1. The van der Waals surface area contributed by atoms with Crippen LogP contribution in [0.15, 0.2) is 42.5 Å². The molecule has 0 aliphatic carbocycles. The molecule has 0 heterocycles. The van der Waals surface area contributed by atoms with Crippen LogP contribution in [0.3, 0.4) is 0 Å². The Morgan fingerprint density at radius 1 is 1.11 bits per heavy atom. The number of aryl methyl sites for hydroxylation is 1. The Hall–Kier alpha value is -2.44. The van der Waals surface area contributed by atoms with Crippen molar-refractivity contribution >= 4 is 17.5 Å². The fourth-order valence-corrected chi connectivity index (χ4v) is 2.70. The van der Waals surface area contributed by atoms with Crippen molar-refractivity contribution in [2.24, 2.45) is 0 Å². The maximum Gasteiger partial charge on any atom is 0.220 e. The first-order chi connectivity index (χ1) is 13.0. The Labute approximate surface area is 164 Å². The predicted octanol–water partition coefficient (Wildman–Crippen LogP) is 2.85. The first-order valence-corrected chi connectivity index (χ1v) is 8.95. The Morgan fingerprint density at radius 2 is 1.78 bits per heavy atom. The first-order valence-electron chi connectivity index (χ1n) is 8.57. The summed E-state index contributed by atoms with van der Waals surface area (Å²) in [7, 11) is 3.05. The minimum absolute atomic E-state index is 0.0124. The number of nitrogens with one attached hydrogen (secondary N) is 1. The van der Waals surface area contributed by atoms with Crippen LogP contribution in [0.2, 0.25) is 5.02 Å². The molecule has 1 atom stereocenters. The van der Waals surface area contributed by atoms with E-state index in [9.17, 15) is 9.90 Å². The smallest absolute Gasteiger partial charge is 0.220 e. The van der Waals surface area contributed by atoms with E-state index in [1.807, 2.05) is 18.2 Å². The van der Waals surface area contributed by atoms with Gasteiger partial charge in [-0.05, 0) is 30.2 Å². The molecule has 27 heavy (non-hydrogen) atoms. The number of para-hydroxylation sites is 1. The van der Waals surface area contributed by atoms with Crippen molar-refractivity contribution in [3.63, 3.8) is 0 Å². The number of aliphatic hydroxyl groups is 1. The van der Waals surface area contributed by atoms with Crippen LogP contribution in [0.4, 0.5) is 0 Å². The number of amides is 1. The van der Waals surface area contributed by atoms with Gasteiger partial charge in [-0.3, -0.25) is 4.79 Å². The van der Waals surface area contributed by atoms with Crippen molar-refractivity contribution in [1.82, 2.24) is 5.32 Å². The van der Waals surface area contributed by atoms with E-state index < -0.39 is 6.10 Å². The van der Waals surface area contributed by atoms with Crippen molar-refractivity contribution in [1.29, 1.82) is 0 Å². The lowest BCUT2D eigenvalue weighted by molar-refractivity contribution is -0.121. The molecule has 0 saturated heterocycles. The molecule has 7 heteroatoms. The van der Waals surface area contributed by atoms with Gasteiger partial charge in [0.05, 0.1) is 14.2 Å². The Morgan fingerprint density at radius 3 is 2.41 bits per heavy atom. The summed E-state index contributed by atoms with van der Waals surface area (Å²) >= 11 is 6.08. The molecule has 0 saturated carbocycles. The van der Waals surface area contributed by atoms with Gasteiger partial charge in [0.1, 0.15) is 12.7 Å². The van der Waals surface area contributed by atoms with Crippen LogP contribution >= 0.6 is 11.6 Å². The van der Waals surface area contributed by atoms with Gasteiger partial charge < -0.3 is 24.6 Å². The lowest BCUT2D eigenvalue weighted by Crippen LogP contribution is -2.35. The fraction of sp³-hybridized carbons (Fsp3) is 0.350. The highest BCUT2D eigenvalue weighted by molar-refractivity contribution is 6.31. The van der Waals surface area contributed by atoms with Crippen LogP contribution in [-0.4, -0.2) is 44.5 Å². The molecule has 0 aliphatic heterocycles. The summed E-state index contributed by atoms with van der Waals surface area (Å²) in [6.45, 7) is 0.0698. The van der Waals surface area contributed by atoms with Gasteiger partial charge in [0.15, 0.2) is 11.5 Å². The van der Waals surface area contributed by atoms with Crippen molar-refractivity contribution in [2.75, 3.05) is 27.4 Å². The number of benzene rings is 2. The average Bonchev–Trinajstić information content (AvgIpc) is 2.69. The molecule has 0 fully saturated rings. The largest absolute Gasteiger partial charge is 0.493 e. The molecule has 2 aromatic carbocycles. The second-order valence-corrected chi connectivity index (χ2v) is 6.26. The third-order valence-corrected chi connectivity index (χ3v) is 4.29. The van der Waals surface area contributed by atoms with Crippen LogP contribution in [0.1, 0.15) is 12.0 Å². The summed E-state index contributed by atoms with van der Waals surface area (Å²) in [5.74, 6) is 1.26. The molecule has 0 aromatic heterocycles. The molecule has 2 N–H and O–H groups in total. The number of methoxy groups -OCH3 is 2. The Kier molecular flexibility index (Phi) is 8.23. The number of hydrogen-bond acceptors (Lipinski definition) is 5. The lowest BCUT2D eigenvalue weighted by atomic mass is 10.1. The van der Waals surface area contributed by atoms with E-state index in [1.165, 1.54) is 14.2 Å². The summed E-state index contributed by atoms with van der Waals surface area (Å²) in [5.41, 5.74) is 0.918. The van der Waals surface area contributed by atoms with E-state index in [0.717, 1.165) is 5.56 Å². The molecule has 1 amide bonds. The molecule has 0 spiro atoms. The van der Waals surface area contributed by atoms with Gasteiger partial charge in [-0.2, -0.15) is 0 Å². The number of hydrogen-bond donors (Lipinski definition) is 2. The third kappa shape index (κ3) is 6.34. The van der Waals surface area contributed by atoms with Gasteiger partial charge in [0.25, 0.3) is 0 Å². The lowest BCUT2D eigenvalue weighted by Gasteiger charge is -2.17. The second kappa shape index (κ2) is 10.6. The Bertz CT molecular complexity index is 731. The number of ether oxygens (including phenoxy) is 3. The van der Waals surface area contributed by atoms with Gasteiger partial charge in [-0.25, -0.2) is 0 Å². The summed E-state index contributed by atoms with van der Waals surface area (Å²) in [5, 5.41) is 13.4. The third-order valence-electron chi connectivity index (χ3n) is 3.92. The molecule has 2 aromatic rings. The van der Waals surface area contributed by atoms with Gasteiger partial charge >= 0.3 is 0 Å². The van der Waals surface area contributed by atoms with Gasteiger partial charge in [0.2, 0.25) is 11.7 Å². The Balaban J connectivity index is 1.77. The van der Waals surface area contributed by atoms with Crippen LogP contribution in [0.25, 0.3) is 0 Å². The van der Waals surface area contributed by atoms with E-state index in [0.29, 0.717) is 28.7 Å². The van der Waals surface area contributed by atoms with E-state index in [4.69, 9.17) is 25.8 Å². The second-order valence-electron chi connectivity index (χ2n) is 5.85. The monoisotopic (exact) mass is 393 g/mol. The molecule has 0 aliphatic rings. The van der Waals surface area contributed by atoms with E-state index in [2.05, 4.69) is 5.32 Å². The summed E-state index contributed by atoms with van der Waals surface area (Å²) in [4.78, 5) is 12.0. The molecular formula is C20H24ClNO5. The van der Waals surface area contributed by atoms with Crippen molar-refractivity contribution in [3.8, 4) is 17.2 Å². The number of carbonyl (C=O) groups excluding carboxylic acids is 1. The molecule has 1 unspecified atom stereocenters. The van der Waals surface area contributed by atoms with Crippen LogP contribution in [0, 0.1) is 0 Å². The molecule has 0 bridgehead atoms. The zero-order valence-corrected chi connectivity index (χ0v) is 16.2. The van der Waals surface area contributed by atoms with Crippen LogP contribution < -0.4 is 19.5 Å². The molecule has 0 radical (unpaired) electrons. The van der Waals surface area contributed by atoms with Gasteiger partial charge in [-0.15, -0.1) is 0 Å². The summed E-state index contributed by atoms with van der Waals surface area (Å²) < 4.78 is 16.1. The normalized spacial score (nSPS) is 11.6. The van der Waals surface area contributed by atoms with E-state index in [-0.39, 0.29) is 25.5 Å². The highest BCUT2D eigenvalue weighted by atomic mass is 35.5. The van der Waals surface area contributed by atoms with E-state index >= 15 is 0 Å². The highest BCUT2D eigenvalue weighted by Gasteiger charge is 2.14.